The predicted molar refractivity (Wildman–Crippen MR) is 68.7 cm³/mol. The van der Waals surface area contributed by atoms with Crippen molar-refractivity contribution >= 4 is 5.78 Å². The Labute approximate surface area is 108 Å². The van der Waals surface area contributed by atoms with Crippen molar-refractivity contribution in [3.05, 3.63) is 30.1 Å². The van der Waals surface area contributed by atoms with E-state index in [0.717, 1.165) is 24.8 Å². The van der Waals surface area contributed by atoms with Crippen LogP contribution in [-0.2, 0) is 4.79 Å². The summed E-state index contributed by atoms with van der Waals surface area (Å²) in [5, 5.41) is 9.29. The minimum atomic E-state index is -0.643. The van der Waals surface area contributed by atoms with Gasteiger partial charge in [-0.15, -0.1) is 0 Å². The van der Waals surface area contributed by atoms with Gasteiger partial charge in [-0.1, -0.05) is 20.3 Å². The molecule has 1 saturated carbocycles. The first-order valence-electron chi connectivity index (χ1n) is 6.39. The minimum Gasteiger partial charge on any atom is -0.298 e. The first-order chi connectivity index (χ1) is 8.56. The van der Waals surface area contributed by atoms with Gasteiger partial charge in [0.2, 0.25) is 0 Å². The van der Waals surface area contributed by atoms with Crippen LogP contribution >= 0.6 is 0 Å². The molecule has 1 fully saturated rings. The third-order valence-electron chi connectivity index (χ3n) is 4.05. The maximum atomic E-state index is 12.5. The summed E-state index contributed by atoms with van der Waals surface area (Å²) >= 11 is 0. The molecule has 1 aliphatic carbocycles. The van der Waals surface area contributed by atoms with Gasteiger partial charge >= 0.3 is 0 Å². The molecular formula is C15H18N2O. The lowest BCUT2D eigenvalue weighted by Gasteiger charge is -2.27. The molecule has 0 radical (unpaired) electrons. The van der Waals surface area contributed by atoms with Crippen LogP contribution in [0, 0.1) is 22.7 Å². The van der Waals surface area contributed by atoms with Crippen LogP contribution in [0.2, 0.25) is 0 Å². The second-order valence-electron chi connectivity index (χ2n) is 5.68. The zero-order chi connectivity index (χ0) is 13.2. The second kappa shape index (κ2) is 4.89. The Morgan fingerprint density at radius 3 is 2.67 bits per heavy atom. The average Bonchev–Trinajstić information content (AvgIpc) is 2.71. The zero-order valence-electron chi connectivity index (χ0n) is 10.9. The van der Waals surface area contributed by atoms with Gasteiger partial charge in [-0.2, -0.15) is 5.26 Å². The van der Waals surface area contributed by atoms with Crippen molar-refractivity contribution in [3.8, 4) is 6.07 Å². The zero-order valence-corrected chi connectivity index (χ0v) is 10.9. The SMILES string of the molecule is CC1(C)CCCC1C(=O)C(C#N)c1ccncc1. The summed E-state index contributed by atoms with van der Waals surface area (Å²) in [5.74, 6) is -0.558. The van der Waals surface area contributed by atoms with Crippen LogP contribution in [0.1, 0.15) is 44.6 Å². The van der Waals surface area contributed by atoms with Gasteiger partial charge in [0.15, 0.2) is 5.78 Å². The van der Waals surface area contributed by atoms with Crippen molar-refractivity contribution in [2.24, 2.45) is 11.3 Å². The topological polar surface area (TPSA) is 53.8 Å². The number of nitrogens with zero attached hydrogens (tertiary/aromatic N) is 2. The quantitative estimate of drug-likeness (QED) is 0.818. The molecule has 0 saturated heterocycles. The summed E-state index contributed by atoms with van der Waals surface area (Å²) in [5.41, 5.74) is 0.791. The molecule has 0 amide bonds. The maximum absolute atomic E-state index is 12.5. The smallest absolute Gasteiger partial charge is 0.158 e. The highest BCUT2D eigenvalue weighted by Gasteiger charge is 2.42. The Morgan fingerprint density at radius 1 is 1.50 bits per heavy atom. The van der Waals surface area contributed by atoms with Gasteiger partial charge in [0.05, 0.1) is 6.07 Å². The van der Waals surface area contributed by atoms with Gasteiger partial charge < -0.3 is 0 Å². The Hall–Kier alpha value is -1.69. The van der Waals surface area contributed by atoms with Crippen LogP contribution in [0.5, 0.6) is 0 Å². The van der Waals surface area contributed by atoms with Gasteiger partial charge in [-0.05, 0) is 36.0 Å². The summed E-state index contributed by atoms with van der Waals surface area (Å²) in [7, 11) is 0. The van der Waals surface area contributed by atoms with Crippen LogP contribution in [0.15, 0.2) is 24.5 Å². The summed E-state index contributed by atoms with van der Waals surface area (Å²) in [6.45, 7) is 4.26. The normalized spacial score (nSPS) is 23.3. The molecular weight excluding hydrogens is 224 g/mol. The molecule has 18 heavy (non-hydrogen) atoms. The highest BCUT2D eigenvalue weighted by atomic mass is 16.1. The molecule has 1 aromatic rings. The molecule has 2 atom stereocenters. The number of hydrogen-bond acceptors (Lipinski definition) is 3. The van der Waals surface area contributed by atoms with E-state index in [4.69, 9.17) is 0 Å². The number of carbonyl (C=O) groups excluding carboxylic acids is 1. The monoisotopic (exact) mass is 242 g/mol. The van der Waals surface area contributed by atoms with Crippen molar-refractivity contribution in [3.63, 3.8) is 0 Å². The summed E-state index contributed by atoms with van der Waals surface area (Å²) in [4.78, 5) is 16.5. The summed E-state index contributed by atoms with van der Waals surface area (Å²) in [6, 6.07) is 5.67. The molecule has 0 bridgehead atoms. The summed E-state index contributed by atoms with van der Waals surface area (Å²) in [6.07, 6.45) is 6.32. The van der Waals surface area contributed by atoms with E-state index in [1.165, 1.54) is 0 Å². The lowest BCUT2D eigenvalue weighted by molar-refractivity contribution is -0.125. The van der Waals surface area contributed by atoms with Gasteiger partial charge in [0, 0.05) is 18.3 Å². The van der Waals surface area contributed by atoms with E-state index >= 15 is 0 Å². The van der Waals surface area contributed by atoms with E-state index in [-0.39, 0.29) is 17.1 Å². The fourth-order valence-corrected chi connectivity index (χ4v) is 2.91. The minimum absolute atomic E-state index is 0.00955. The van der Waals surface area contributed by atoms with Crippen LogP contribution in [0.4, 0.5) is 0 Å². The Bertz CT molecular complexity index is 473. The number of pyridine rings is 1. The van der Waals surface area contributed by atoms with E-state index in [0.29, 0.717) is 0 Å². The fourth-order valence-electron chi connectivity index (χ4n) is 2.91. The van der Waals surface area contributed by atoms with Crippen molar-refractivity contribution in [2.45, 2.75) is 39.0 Å². The molecule has 1 aromatic heterocycles. The third-order valence-corrected chi connectivity index (χ3v) is 4.05. The Kier molecular flexibility index (Phi) is 3.47. The van der Waals surface area contributed by atoms with Crippen LogP contribution in [-0.4, -0.2) is 10.8 Å². The van der Waals surface area contributed by atoms with Crippen molar-refractivity contribution in [1.82, 2.24) is 4.98 Å². The van der Waals surface area contributed by atoms with Crippen LogP contribution < -0.4 is 0 Å². The second-order valence-corrected chi connectivity index (χ2v) is 5.68. The van der Waals surface area contributed by atoms with E-state index in [2.05, 4.69) is 24.9 Å². The standard InChI is InChI=1S/C15H18N2O/c1-15(2)7-3-4-13(15)14(18)12(10-16)11-5-8-17-9-6-11/h5-6,8-9,12-13H,3-4,7H2,1-2H3. The van der Waals surface area contributed by atoms with E-state index in [9.17, 15) is 10.1 Å². The largest absolute Gasteiger partial charge is 0.298 e. The maximum Gasteiger partial charge on any atom is 0.158 e. The van der Waals surface area contributed by atoms with E-state index < -0.39 is 5.92 Å². The number of Topliss-reactive ketones (excluding diaryl/α,β-unsaturated/α-hetero) is 1. The van der Waals surface area contributed by atoms with Gasteiger partial charge in [0.1, 0.15) is 5.92 Å². The lowest BCUT2D eigenvalue weighted by Crippen LogP contribution is -2.29. The molecule has 0 aliphatic heterocycles. The van der Waals surface area contributed by atoms with Crippen molar-refractivity contribution in [2.75, 3.05) is 0 Å². The Morgan fingerprint density at radius 2 is 2.17 bits per heavy atom. The predicted octanol–water partition coefficient (Wildman–Crippen LogP) is 3.08. The summed E-state index contributed by atoms with van der Waals surface area (Å²) < 4.78 is 0. The first kappa shape index (κ1) is 12.8. The van der Waals surface area contributed by atoms with Crippen LogP contribution in [0.25, 0.3) is 0 Å². The van der Waals surface area contributed by atoms with Gasteiger partial charge in [0.25, 0.3) is 0 Å². The third kappa shape index (κ3) is 2.28. The van der Waals surface area contributed by atoms with Gasteiger partial charge in [-0.25, -0.2) is 0 Å². The lowest BCUT2D eigenvalue weighted by atomic mass is 9.75. The average molecular weight is 242 g/mol. The molecule has 0 spiro atoms. The number of carbonyl (C=O) groups is 1. The Balaban J connectivity index is 2.25. The van der Waals surface area contributed by atoms with E-state index in [1.54, 1.807) is 24.5 Å². The van der Waals surface area contributed by atoms with Gasteiger partial charge in [-0.3, -0.25) is 9.78 Å². The molecule has 1 heterocycles. The molecule has 2 rings (SSSR count). The number of aromatic nitrogens is 1. The molecule has 1 aliphatic rings. The fraction of sp³-hybridized carbons (Fsp3) is 0.533. The molecule has 0 N–H and O–H groups in total. The number of nitriles is 1. The molecule has 94 valence electrons. The molecule has 0 aromatic carbocycles. The molecule has 3 nitrogen and oxygen atoms in total. The van der Waals surface area contributed by atoms with E-state index in [1.807, 2.05) is 0 Å². The highest BCUT2D eigenvalue weighted by Crippen LogP contribution is 2.45. The van der Waals surface area contributed by atoms with Crippen molar-refractivity contribution in [1.29, 1.82) is 5.26 Å². The van der Waals surface area contributed by atoms with Crippen LogP contribution in [0.3, 0.4) is 0 Å². The molecule has 2 unspecified atom stereocenters. The molecule has 3 heteroatoms. The highest BCUT2D eigenvalue weighted by molar-refractivity contribution is 5.91. The van der Waals surface area contributed by atoms with Crippen molar-refractivity contribution < 1.29 is 4.79 Å². The number of rotatable bonds is 3. The number of ketones is 1. The first-order valence-corrected chi connectivity index (χ1v) is 6.39. The number of hydrogen-bond donors (Lipinski definition) is 0.